The van der Waals surface area contributed by atoms with E-state index in [0.717, 1.165) is 30.6 Å². The largest absolute Gasteiger partial charge is 0.396 e. The molecule has 2 aromatic rings. The molecule has 6 heteroatoms. The van der Waals surface area contributed by atoms with Gasteiger partial charge in [-0.25, -0.2) is 0 Å². The second-order valence-electron chi connectivity index (χ2n) is 8.57. The van der Waals surface area contributed by atoms with Crippen LogP contribution in [0.25, 0.3) is 0 Å². The maximum Gasteiger partial charge on any atom is 0.264 e. The number of hydrogen-bond acceptors (Lipinski definition) is 4. The standard InChI is InChI=1S/C26H30N2O4/c1-19(8-5-7-17-29)26(32)22-9-2-3-10-23(22)28(25(26)31)18-20-12-14-21(15-13-20)27-16-6-4-11-24(27)30/h2-3,5,8-10,12-15,19,29,32H,4,6-7,11,16-18H2,1H3/b8-5+/t19-,26+/m0/s1. The number of hydrogen-bond donors (Lipinski definition) is 2. The minimum Gasteiger partial charge on any atom is -0.396 e. The zero-order chi connectivity index (χ0) is 22.7. The second kappa shape index (κ2) is 9.27. The fourth-order valence-electron chi connectivity index (χ4n) is 4.62. The Balaban J connectivity index is 1.58. The monoisotopic (exact) mass is 434 g/mol. The zero-order valence-corrected chi connectivity index (χ0v) is 18.4. The van der Waals surface area contributed by atoms with Gasteiger partial charge in [-0.3, -0.25) is 9.59 Å². The van der Waals surface area contributed by atoms with Crippen molar-refractivity contribution in [2.24, 2.45) is 5.92 Å². The number of para-hydroxylation sites is 1. The first-order valence-corrected chi connectivity index (χ1v) is 11.3. The molecule has 0 aromatic heterocycles. The summed E-state index contributed by atoms with van der Waals surface area (Å²) >= 11 is 0. The summed E-state index contributed by atoms with van der Waals surface area (Å²) in [5.41, 5.74) is 1.46. The summed E-state index contributed by atoms with van der Waals surface area (Å²) in [5.74, 6) is -0.642. The minimum atomic E-state index is -1.65. The maximum atomic E-state index is 13.5. The highest BCUT2D eigenvalue weighted by Gasteiger charge is 2.52. The lowest BCUT2D eigenvalue weighted by Crippen LogP contribution is -2.44. The van der Waals surface area contributed by atoms with E-state index in [0.29, 0.717) is 30.6 Å². The SMILES string of the molecule is C[C@@H](/C=C/CCO)[C@]1(O)C(=O)N(Cc2ccc(N3CCCCC3=O)cc2)c2ccccc21. The van der Waals surface area contributed by atoms with Gasteiger partial charge < -0.3 is 20.0 Å². The Kier molecular flexibility index (Phi) is 6.44. The summed E-state index contributed by atoms with van der Waals surface area (Å²) in [5, 5.41) is 20.6. The molecule has 32 heavy (non-hydrogen) atoms. The topological polar surface area (TPSA) is 81.1 Å². The summed E-state index contributed by atoms with van der Waals surface area (Å²) in [6.07, 6.45) is 6.60. The van der Waals surface area contributed by atoms with Gasteiger partial charge in [0, 0.05) is 36.7 Å². The predicted molar refractivity (Wildman–Crippen MR) is 124 cm³/mol. The van der Waals surface area contributed by atoms with Crippen LogP contribution in [0.5, 0.6) is 0 Å². The average molecular weight is 435 g/mol. The normalized spacial score (nSPS) is 22.0. The molecule has 2 amide bonds. The number of carbonyl (C=O) groups excluding carboxylic acids is 2. The molecule has 4 rings (SSSR count). The first-order valence-electron chi connectivity index (χ1n) is 11.3. The summed E-state index contributed by atoms with van der Waals surface area (Å²) in [4.78, 5) is 29.1. The first-order chi connectivity index (χ1) is 15.5. The lowest BCUT2D eigenvalue weighted by molar-refractivity contribution is -0.139. The molecule has 0 bridgehead atoms. The van der Waals surface area contributed by atoms with Crippen LogP contribution in [0.4, 0.5) is 11.4 Å². The molecule has 0 unspecified atom stereocenters. The number of anilines is 2. The van der Waals surface area contributed by atoms with Crippen molar-refractivity contribution in [3.8, 4) is 0 Å². The number of fused-ring (bicyclic) bond motifs is 1. The van der Waals surface area contributed by atoms with Crippen LogP contribution in [0.2, 0.25) is 0 Å². The van der Waals surface area contributed by atoms with E-state index in [1.54, 1.807) is 23.1 Å². The third-order valence-electron chi connectivity index (χ3n) is 6.47. The molecule has 0 spiro atoms. The van der Waals surface area contributed by atoms with Gasteiger partial charge in [-0.05, 0) is 43.0 Å². The third kappa shape index (κ3) is 3.96. The minimum absolute atomic E-state index is 0.0251. The molecular weight excluding hydrogens is 404 g/mol. The highest BCUT2D eigenvalue weighted by Crippen LogP contribution is 2.45. The summed E-state index contributed by atoms with van der Waals surface area (Å²) < 4.78 is 0. The number of piperidine rings is 1. The molecule has 2 N–H and O–H groups in total. The van der Waals surface area contributed by atoms with Crippen LogP contribution in [0.15, 0.2) is 60.7 Å². The molecule has 2 heterocycles. The Morgan fingerprint density at radius 1 is 1.09 bits per heavy atom. The highest BCUT2D eigenvalue weighted by molar-refractivity contribution is 6.07. The molecule has 6 nitrogen and oxygen atoms in total. The van der Waals surface area contributed by atoms with E-state index in [2.05, 4.69) is 0 Å². The van der Waals surface area contributed by atoms with Crippen LogP contribution in [-0.4, -0.2) is 35.2 Å². The predicted octanol–water partition coefficient (Wildman–Crippen LogP) is 3.51. The van der Waals surface area contributed by atoms with Gasteiger partial charge in [0.15, 0.2) is 5.60 Å². The van der Waals surface area contributed by atoms with E-state index in [4.69, 9.17) is 5.11 Å². The Hall–Kier alpha value is -2.96. The first kappa shape index (κ1) is 22.2. The van der Waals surface area contributed by atoms with Crippen molar-refractivity contribution in [2.75, 3.05) is 23.0 Å². The molecule has 1 fully saturated rings. The van der Waals surface area contributed by atoms with E-state index < -0.39 is 11.5 Å². The van der Waals surface area contributed by atoms with Gasteiger partial charge in [0.25, 0.3) is 5.91 Å². The quantitative estimate of drug-likeness (QED) is 0.654. The Morgan fingerprint density at radius 3 is 2.56 bits per heavy atom. The average Bonchev–Trinajstić information content (AvgIpc) is 3.03. The molecule has 2 aliphatic rings. The van der Waals surface area contributed by atoms with Crippen LogP contribution in [0.3, 0.4) is 0 Å². The van der Waals surface area contributed by atoms with Crippen molar-refractivity contribution in [2.45, 2.75) is 44.8 Å². The Morgan fingerprint density at radius 2 is 1.84 bits per heavy atom. The number of carbonyl (C=O) groups is 2. The van der Waals surface area contributed by atoms with E-state index >= 15 is 0 Å². The summed E-state index contributed by atoms with van der Waals surface area (Å²) in [7, 11) is 0. The summed E-state index contributed by atoms with van der Waals surface area (Å²) in [6.45, 7) is 2.91. The van der Waals surface area contributed by atoms with Gasteiger partial charge in [-0.1, -0.05) is 49.4 Å². The Bertz CT molecular complexity index is 1020. The van der Waals surface area contributed by atoms with Crippen molar-refractivity contribution < 1.29 is 19.8 Å². The van der Waals surface area contributed by atoms with Crippen molar-refractivity contribution >= 4 is 23.2 Å². The third-order valence-corrected chi connectivity index (χ3v) is 6.47. The van der Waals surface area contributed by atoms with E-state index in [9.17, 15) is 14.7 Å². The molecule has 0 saturated carbocycles. The van der Waals surface area contributed by atoms with E-state index in [1.807, 2.05) is 54.3 Å². The number of amides is 2. The number of benzene rings is 2. The van der Waals surface area contributed by atoms with Gasteiger partial charge in [0.2, 0.25) is 5.91 Å². The van der Waals surface area contributed by atoms with Gasteiger partial charge in [-0.15, -0.1) is 0 Å². The molecule has 0 aliphatic carbocycles. The van der Waals surface area contributed by atoms with Crippen molar-refractivity contribution in [3.63, 3.8) is 0 Å². The number of aliphatic hydroxyl groups is 2. The molecular formula is C26H30N2O4. The lowest BCUT2D eigenvalue weighted by atomic mass is 9.83. The fourth-order valence-corrected chi connectivity index (χ4v) is 4.62. The van der Waals surface area contributed by atoms with Gasteiger partial charge in [0.05, 0.1) is 12.2 Å². The smallest absolute Gasteiger partial charge is 0.264 e. The van der Waals surface area contributed by atoms with Crippen molar-refractivity contribution in [1.82, 2.24) is 0 Å². The fraction of sp³-hybridized carbons (Fsp3) is 0.385. The molecule has 0 radical (unpaired) electrons. The molecule has 2 aromatic carbocycles. The van der Waals surface area contributed by atoms with Gasteiger partial charge in [-0.2, -0.15) is 0 Å². The molecule has 2 atom stereocenters. The number of nitrogens with zero attached hydrogens (tertiary/aromatic N) is 2. The molecule has 2 aliphatic heterocycles. The van der Waals surface area contributed by atoms with Gasteiger partial charge in [0.1, 0.15) is 0 Å². The summed E-state index contributed by atoms with van der Waals surface area (Å²) in [6, 6.07) is 15.1. The molecule has 168 valence electrons. The van der Waals surface area contributed by atoms with Crippen molar-refractivity contribution in [1.29, 1.82) is 0 Å². The lowest BCUT2D eigenvalue weighted by Gasteiger charge is -2.28. The Labute approximate surface area is 188 Å². The number of aliphatic hydroxyl groups excluding tert-OH is 1. The highest BCUT2D eigenvalue weighted by atomic mass is 16.3. The second-order valence-corrected chi connectivity index (χ2v) is 8.57. The van der Waals surface area contributed by atoms with Crippen LogP contribution in [0.1, 0.15) is 43.7 Å². The van der Waals surface area contributed by atoms with E-state index in [-0.39, 0.29) is 18.4 Å². The maximum absolute atomic E-state index is 13.5. The number of rotatable bonds is 7. The van der Waals surface area contributed by atoms with Crippen LogP contribution < -0.4 is 9.80 Å². The zero-order valence-electron chi connectivity index (χ0n) is 18.4. The van der Waals surface area contributed by atoms with E-state index in [1.165, 1.54) is 0 Å². The van der Waals surface area contributed by atoms with Crippen LogP contribution in [0, 0.1) is 5.92 Å². The van der Waals surface area contributed by atoms with Crippen LogP contribution in [-0.2, 0) is 21.7 Å². The molecule has 1 saturated heterocycles. The van der Waals surface area contributed by atoms with Crippen LogP contribution >= 0.6 is 0 Å². The van der Waals surface area contributed by atoms with Crippen molar-refractivity contribution in [3.05, 3.63) is 71.8 Å². The van der Waals surface area contributed by atoms with Gasteiger partial charge >= 0.3 is 0 Å².